The standard InChI is InChI=1S/C13H10ClNO2/c1-17-12-6-5-9(8-10(12)14)13(16)11-4-2-3-7-15-11/h2-8H,1H3. The minimum atomic E-state index is -0.157. The highest BCUT2D eigenvalue weighted by Gasteiger charge is 2.11. The third-order valence-electron chi connectivity index (χ3n) is 2.31. The third kappa shape index (κ3) is 2.45. The molecule has 0 N–H and O–H groups in total. The molecule has 0 saturated carbocycles. The lowest BCUT2D eigenvalue weighted by atomic mass is 10.1. The first kappa shape index (κ1) is 11.6. The number of nitrogens with zero attached hydrogens (tertiary/aromatic N) is 1. The number of carbonyl (C=O) groups excluding carboxylic acids is 1. The number of ketones is 1. The lowest BCUT2D eigenvalue weighted by molar-refractivity contribution is 0.103. The summed E-state index contributed by atoms with van der Waals surface area (Å²) in [5.74, 6) is 0.388. The Hall–Kier alpha value is -1.87. The summed E-state index contributed by atoms with van der Waals surface area (Å²) in [7, 11) is 1.53. The van der Waals surface area contributed by atoms with E-state index in [2.05, 4.69) is 4.98 Å². The first-order valence-electron chi connectivity index (χ1n) is 5.01. The Labute approximate surface area is 104 Å². The van der Waals surface area contributed by atoms with Gasteiger partial charge in [0.25, 0.3) is 0 Å². The molecule has 1 heterocycles. The highest BCUT2D eigenvalue weighted by molar-refractivity contribution is 6.32. The molecule has 3 nitrogen and oxygen atoms in total. The maximum atomic E-state index is 12.0. The van der Waals surface area contributed by atoms with E-state index in [1.54, 1.807) is 42.6 Å². The Morgan fingerprint density at radius 1 is 1.29 bits per heavy atom. The van der Waals surface area contributed by atoms with E-state index in [0.717, 1.165) is 0 Å². The fourth-order valence-corrected chi connectivity index (χ4v) is 1.71. The number of halogens is 1. The van der Waals surface area contributed by atoms with Crippen LogP contribution in [0.3, 0.4) is 0 Å². The summed E-state index contributed by atoms with van der Waals surface area (Å²) in [4.78, 5) is 16.0. The second-order valence-corrected chi connectivity index (χ2v) is 3.80. The summed E-state index contributed by atoms with van der Waals surface area (Å²) in [6, 6.07) is 10.1. The molecule has 4 heteroatoms. The van der Waals surface area contributed by atoms with Gasteiger partial charge in [-0.2, -0.15) is 0 Å². The summed E-state index contributed by atoms with van der Waals surface area (Å²) >= 11 is 5.96. The highest BCUT2D eigenvalue weighted by atomic mass is 35.5. The van der Waals surface area contributed by atoms with Crippen molar-refractivity contribution in [2.24, 2.45) is 0 Å². The van der Waals surface area contributed by atoms with Crippen molar-refractivity contribution in [2.45, 2.75) is 0 Å². The van der Waals surface area contributed by atoms with Crippen molar-refractivity contribution in [3.8, 4) is 5.75 Å². The fourth-order valence-electron chi connectivity index (χ4n) is 1.45. The summed E-state index contributed by atoms with van der Waals surface area (Å²) < 4.78 is 5.03. The molecule has 0 radical (unpaired) electrons. The minimum Gasteiger partial charge on any atom is -0.495 e. The number of pyridine rings is 1. The van der Waals surface area contributed by atoms with Crippen LogP contribution in [0.1, 0.15) is 16.1 Å². The molecule has 0 amide bonds. The fraction of sp³-hybridized carbons (Fsp3) is 0.0769. The molecular formula is C13H10ClNO2. The quantitative estimate of drug-likeness (QED) is 0.783. The van der Waals surface area contributed by atoms with Gasteiger partial charge in [-0.3, -0.25) is 9.78 Å². The number of ether oxygens (including phenoxy) is 1. The number of hydrogen-bond donors (Lipinski definition) is 0. The first-order chi connectivity index (χ1) is 8.22. The van der Waals surface area contributed by atoms with Crippen LogP contribution in [0.2, 0.25) is 5.02 Å². The van der Waals surface area contributed by atoms with Gasteiger partial charge in [0.1, 0.15) is 11.4 Å². The minimum absolute atomic E-state index is 0.157. The van der Waals surface area contributed by atoms with Crippen molar-refractivity contribution < 1.29 is 9.53 Å². The zero-order chi connectivity index (χ0) is 12.3. The van der Waals surface area contributed by atoms with Crippen LogP contribution >= 0.6 is 11.6 Å². The Kier molecular flexibility index (Phi) is 3.40. The van der Waals surface area contributed by atoms with E-state index in [9.17, 15) is 4.79 Å². The van der Waals surface area contributed by atoms with E-state index in [0.29, 0.717) is 22.0 Å². The maximum absolute atomic E-state index is 12.0. The predicted octanol–water partition coefficient (Wildman–Crippen LogP) is 2.97. The molecule has 0 saturated heterocycles. The lowest BCUT2D eigenvalue weighted by Crippen LogP contribution is -2.03. The molecule has 0 aliphatic rings. The molecule has 1 aromatic heterocycles. The van der Waals surface area contributed by atoms with Crippen LogP contribution < -0.4 is 4.74 Å². The maximum Gasteiger partial charge on any atom is 0.211 e. The number of carbonyl (C=O) groups is 1. The normalized spacial score (nSPS) is 10.0. The molecule has 86 valence electrons. The Morgan fingerprint density at radius 3 is 2.71 bits per heavy atom. The van der Waals surface area contributed by atoms with Crippen molar-refractivity contribution in [3.63, 3.8) is 0 Å². The van der Waals surface area contributed by atoms with Crippen LogP contribution in [-0.4, -0.2) is 17.9 Å². The smallest absolute Gasteiger partial charge is 0.211 e. The molecule has 0 fully saturated rings. The zero-order valence-electron chi connectivity index (χ0n) is 9.18. The molecule has 1 aromatic carbocycles. The van der Waals surface area contributed by atoms with E-state index >= 15 is 0 Å². The van der Waals surface area contributed by atoms with Gasteiger partial charge in [-0.25, -0.2) is 0 Å². The van der Waals surface area contributed by atoms with E-state index in [1.165, 1.54) is 7.11 Å². The third-order valence-corrected chi connectivity index (χ3v) is 2.61. The van der Waals surface area contributed by atoms with Gasteiger partial charge >= 0.3 is 0 Å². The van der Waals surface area contributed by atoms with Crippen molar-refractivity contribution in [1.82, 2.24) is 4.98 Å². The predicted molar refractivity (Wildman–Crippen MR) is 65.7 cm³/mol. The largest absolute Gasteiger partial charge is 0.495 e. The molecule has 0 aliphatic carbocycles. The van der Waals surface area contributed by atoms with Gasteiger partial charge in [-0.05, 0) is 30.3 Å². The molecule has 0 spiro atoms. The van der Waals surface area contributed by atoms with E-state index in [-0.39, 0.29) is 5.78 Å². The molecule has 0 bridgehead atoms. The number of methoxy groups -OCH3 is 1. The van der Waals surface area contributed by atoms with E-state index < -0.39 is 0 Å². The van der Waals surface area contributed by atoms with Crippen molar-refractivity contribution >= 4 is 17.4 Å². The monoisotopic (exact) mass is 247 g/mol. The average Bonchev–Trinajstić information content (AvgIpc) is 2.39. The number of rotatable bonds is 3. The summed E-state index contributed by atoms with van der Waals surface area (Å²) in [5, 5.41) is 0.411. The van der Waals surface area contributed by atoms with Crippen molar-refractivity contribution in [1.29, 1.82) is 0 Å². The van der Waals surface area contributed by atoms with Gasteiger partial charge in [0.2, 0.25) is 5.78 Å². The van der Waals surface area contributed by atoms with E-state index in [4.69, 9.17) is 16.3 Å². The van der Waals surface area contributed by atoms with Crippen LogP contribution in [0.5, 0.6) is 5.75 Å². The topological polar surface area (TPSA) is 39.2 Å². The molecule has 2 aromatic rings. The molecule has 0 aliphatic heterocycles. The molecule has 0 atom stereocenters. The van der Waals surface area contributed by atoms with Gasteiger partial charge in [0.05, 0.1) is 12.1 Å². The van der Waals surface area contributed by atoms with Crippen LogP contribution in [-0.2, 0) is 0 Å². The first-order valence-corrected chi connectivity index (χ1v) is 5.39. The van der Waals surface area contributed by atoms with Gasteiger partial charge in [0, 0.05) is 11.8 Å². The summed E-state index contributed by atoms with van der Waals surface area (Å²) in [6.45, 7) is 0. The summed E-state index contributed by atoms with van der Waals surface area (Å²) in [6.07, 6.45) is 1.58. The molecule has 0 unspecified atom stereocenters. The van der Waals surface area contributed by atoms with Gasteiger partial charge in [0.15, 0.2) is 0 Å². The van der Waals surface area contributed by atoms with Crippen LogP contribution in [0.15, 0.2) is 42.6 Å². The van der Waals surface area contributed by atoms with Gasteiger partial charge < -0.3 is 4.74 Å². The van der Waals surface area contributed by atoms with Crippen LogP contribution in [0.25, 0.3) is 0 Å². The van der Waals surface area contributed by atoms with Crippen molar-refractivity contribution in [2.75, 3.05) is 7.11 Å². The number of hydrogen-bond acceptors (Lipinski definition) is 3. The second-order valence-electron chi connectivity index (χ2n) is 3.39. The Bertz CT molecular complexity index is 540. The average molecular weight is 248 g/mol. The number of benzene rings is 1. The zero-order valence-corrected chi connectivity index (χ0v) is 9.94. The SMILES string of the molecule is COc1ccc(C(=O)c2ccccn2)cc1Cl. The molecule has 2 rings (SSSR count). The molecule has 17 heavy (non-hydrogen) atoms. The second kappa shape index (κ2) is 4.97. The van der Waals surface area contributed by atoms with Crippen LogP contribution in [0.4, 0.5) is 0 Å². The van der Waals surface area contributed by atoms with Gasteiger partial charge in [-0.1, -0.05) is 17.7 Å². The van der Waals surface area contributed by atoms with Gasteiger partial charge in [-0.15, -0.1) is 0 Å². The lowest BCUT2D eigenvalue weighted by Gasteiger charge is -2.05. The Balaban J connectivity index is 2.35. The Morgan fingerprint density at radius 2 is 2.12 bits per heavy atom. The van der Waals surface area contributed by atoms with Crippen LogP contribution in [0, 0.1) is 0 Å². The highest BCUT2D eigenvalue weighted by Crippen LogP contribution is 2.25. The molecular weight excluding hydrogens is 238 g/mol. The summed E-state index contributed by atoms with van der Waals surface area (Å²) in [5.41, 5.74) is 0.892. The van der Waals surface area contributed by atoms with E-state index in [1.807, 2.05) is 0 Å². The van der Waals surface area contributed by atoms with Crippen molar-refractivity contribution in [3.05, 3.63) is 58.9 Å². The number of aromatic nitrogens is 1.